The minimum absolute atomic E-state index is 0.186. The van der Waals surface area contributed by atoms with Crippen molar-refractivity contribution in [3.63, 3.8) is 0 Å². The van der Waals surface area contributed by atoms with Gasteiger partial charge < -0.3 is 20.8 Å². The minimum Gasteiger partial charge on any atom is -0.481 e. The summed E-state index contributed by atoms with van der Waals surface area (Å²) in [6.07, 6.45) is 4.62. The molecule has 1 atom stereocenters. The van der Waals surface area contributed by atoms with E-state index in [0.717, 1.165) is 30.4 Å². The molecule has 1 aliphatic carbocycles. The molecule has 0 saturated carbocycles. The number of anilines is 2. The zero-order valence-electron chi connectivity index (χ0n) is 21.6. The average molecular weight is 582 g/mol. The van der Waals surface area contributed by atoms with Crippen LogP contribution in [0.2, 0.25) is 10.0 Å². The summed E-state index contributed by atoms with van der Waals surface area (Å²) in [4.78, 5) is 38.1. The van der Waals surface area contributed by atoms with Gasteiger partial charge in [0, 0.05) is 27.0 Å². The molecule has 8 nitrogen and oxygen atoms in total. The van der Waals surface area contributed by atoms with Gasteiger partial charge >= 0.3 is 12.0 Å². The summed E-state index contributed by atoms with van der Waals surface area (Å²) in [5.41, 5.74) is 4.53. The van der Waals surface area contributed by atoms with Crippen molar-refractivity contribution < 1.29 is 24.6 Å². The monoisotopic (exact) mass is 581 g/mol. The number of hydrogen-bond acceptors (Lipinski definition) is 4. The number of nitrogens with zero attached hydrogens (tertiary/aromatic N) is 1. The number of aliphatic hydroxyl groups is 1. The fraction of sp³-hybridized carbons (Fsp3) is 0.233. The van der Waals surface area contributed by atoms with Gasteiger partial charge in [0.15, 0.2) is 0 Å². The molecule has 4 N–H and O–H groups in total. The number of benzene rings is 3. The Morgan fingerprint density at radius 1 is 0.925 bits per heavy atom. The lowest BCUT2D eigenvalue weighted by Crippen LogP contribution is -2.36. The number of allylic oxidation sites excluding steroid dienone is 2. The lowest BCUT2D eigenvalue weighted by Gasteiger charge is -2.24. The van der Waals surface area contributed by atoms with Crippen LogP contribution in [-0.4, -0.2) is 34.3 Å². The summed E-state index contributed by atoms with van der Waals surface area (Å²) in [7, 11) is 0. The molecular weight excluding hydrogens is 553 g/mol. The van der Waals surface area contributed by atoms with Crippen molar-refractivity contribution in [2.45, 2.75) is 44.9 Å². The highest BCUT2D eigenvalue weighted by Gasteiger charge is 2.19. The zero-order valence-corrected chi connectivity index (χ0v) is 23.1. The van der Waals surface area contributed by atoms with Gasteiger partial charge in [-0.3, -0.25) is 14.5 Å². The molecular formula is C30H29Cl2N3O5. The van der Waals surface area contributed by atoms with Gasteiger partial charge in [-0.05, 0) is 84.8 Å². The number of aliphatic hydroxyl groups excluding tert-OH is 1. The Balaban J connectivity index is 1.55. The number of halogens is 2. The van der Waals surface area contributed by atoms with Crippen LogP contribution in [-0.2, 0) is 11.3 Å². The van der Waals surface area contributed by atoms with Crippen LogP contribution in [0.1, 0.15) is 53.6 Å². The van der Waals surface area contributed by atoms with Crippen LogP contribution in [0.15, 0.2) is 72.8 Å². The second-order valence-electron chi connectivity index (χ2n) is 9.48. The van der Waals surface area contributed by atoms with Gasteiger partial charge in [0.05, 0.1) is 13.0 Å². The van der Waals surface area contributed by atoms with Crippen LogP contribution in [0.5, 0.6) is 0 Å². The summed E-state index contributed by atoms with van der Waals surface area (Å²) in [5, 5.41) is 24.3. The van der Waals surface area contributed by atoms with Crippen LogP contribution < -0.4 is 15.5 Å². The third-order valence-corrected chi connectivity index (χ3v) is 6.86. The highest BCUT2D eigenvalue weighted by Crippen LogP contribution is 2.29. The van der Waals surface area contributed by atoms with E-state index in [2.05, 4.69) is 16.7 Å². The van der Waals surface area contributed by atoms with E-state index in [0.29, 0.717) is 21.4 Å². The third-order valence-electron chi connectivity index (χ3n) is 6.42. The third kappa shape index (κ3) is 8.08. The predicted octanol–water partition coefficient (Wildman–Crippen LogP) is 6.71. The van der Waals surface area contributed by atoms with Gasteiger partial charge in [0.1, 0.15) is 6.23 Å². The Labute approximate surface area is 242 Å². The number of aliphatic carboxylic acids is 1. The molecule has 0 bridgehead atoms. The molecule has 3 amide bonds. The van der Waals surface area contributed by atoms with Crippen LogP contribution in [0.25, 0.3) is 5.57 Å². The molecule has 3 aromatic rings. The SMILES string of the molecule is O=C(O)CC(O)NC(=O)c1ccc(CN(C(=O)Nc2cc(Cl)cc(Cl)c2)c2ccc(C3=CCCCC3)cc2)cc1. The van der Waals surface area contributed by atoms with E-state index in [9.17, 15) is 19.5 Å². The van der Waals surface area contributed by atoms with Crippen molar-refractivity contribution in [2.24, 2.45) is 0 Å². The summed E-state index contributed by atoms with van der Waals surface area (Å²) < 4.78 is 0. The predicted molar refractivity (Wildman–Crippen MR) is 157 cm³/mol. The molecule has 0 saturated heterocycles. The first-order valence-corrected chi connectivity index (χ1v) is 13.6. The molecule has 1 unspecified atom stereocenters. The highest BCUT2D eigenvalue weighted by atomic mass is 35.5. The fourth-order valence-corrected chi connectivity index (χ4v) is 4.97. The molecule has 0 aliphatic heterocycles. The maximum Gasteiger partial charge on any atom is 0.326 e. The van der Waals surface area contributed by atoms with E-state index in [4.69, 9.17) is 28.3 Å². The van der Waals surface area contributed by atoms with E-state index < -0.39 is 30.6 Å². The van der Waals surface area contributed by atoms with E-state index in [-0.39, 0.29) is 12.1 Å². The highest BCUT2D eigenvalue weighted by molar-refractivity contribution is 6.35. The van der Waals surface area contributed by atoms with Crippen molar-refractivity contribution in [3.05, 3.63) is 99.5 Å². The molecule has 0 aromatic heterocycles. The van der Waals surface area contributed by atoms with Gasteiger partial charge in [0.2, 0.25) is 0 Å². The molecule has 3 aromatic carbocycles. The van der Waals surface area contributed by atoms with Crippen molar-refractivity contribution >= 4 is 58.1 Å². The van der Waals surface area contributed by atoms with Gasteiger partial charge in [-0.1, -0.05) is 53.5 Å². The van der Waals surface area contributed by atoms with E-state index in [1.807, 2.05) is 24.3 Å². The summed E-state index contributed by atoms with van der Waals surface area (Å²) >= 11 is 12.2. The van der Waals surface area contributed by atoms with Crippen molar-refractivity contribution in [2.75, 3.05) is 10.2 Å². The molecule has 40 heavy (non-hydrogen) atoms. The molecule has 4 rings (SSSR count). The van der Waals surface area contributed by atoms with E-state index in [1.54, 1.807) is 47.4 Å². The Bertz CT molecular complexity index is 1390. The Hall–Kier alpha value is -3.85. The van der Waals surface area contributed by atoms with E-state index in [1.165, 1.54) is 12.0 Å². The topological polar surface area (TPSA) is 119 Å². The average Bonchev–Trinajstić information content (AvgIpc) is 2.91. The first-order valence-electron chi connectivity index (χ1n) is 12.8. The number of urea groups is 1. The standard InChI is InChI=1S/C30H29Cl2N3O5/c31-23-14-24(32)16-25(15-23)33-30(40)35(26-12-10-21(11-13-26)20-4-2-1-3-5-20)18-19-6-8-22(9-7-19)29(39)34-27(36)17-28(37)38/h4,6-16,27,36H,1-3,5,17-18H2,(H,33,40)(H,34,39)(H,37,38). The first-order chi connectivity index (χ1) is 19.2. The number of nitrogens with one attached hydrogen (secondary N) is 2. The number of hydrogen-bond donors (Lipinski definition) is 4. The Morgan fingerprint density at radius 2 is 1.60 bits per heavy atom. The smallest absolute Gasteiger partial charge is 0.326 e. The normalized spacial score (nSPS) is 13.6. The van der Waals surface area contributed by atoms with E-state index >= 15 is 0 Å². The van der Waals surface area contributed by atoms with Crippen LogP contribution in [0, 0.1) is 0 Å². The molecule has 0 spiro atoms. The number of carboxylic acids is 1. The van der Waals surface area contributed by atoms with Gasteiger partial charge in [-0.15, -0.1) is 0 Å². The largest absolute Gasteiger partial charge is 0.481 e. The van der Waals surface area contributed by atoms with Crippen LogP contribution in [0.3, 0.4) is 0 Å². The molecule has 0 heterocycles. The minimum atomic E-state index is -1.50. The number of carbonyl (C=O) groups is 3. The van der Waals surface area contributed by atoms with Gasteiger partial charge in [0.25, 0.3) is 5.91 Å². The molecule has 208 valence electrons. The Kier molecular flexibility index (Phi) is 9.82. The first kappa shape index (κ1) is 29.1. The van der Waals surface area contributed by atoms with Gasteiger partial charge in [-0.2, -0.15) is 0 Å². The fourth-order valence-electron chi connectivity index (χ4n) is 4.45. The number of carbonyl (C=O) groups excluding carboxylic acids is 2. The Morgan fingerprint density at radius 3 is 2.20 bits per heavy atom. The number of rotatable bonds is 9. The summed E-state index contributed by atoms with van der Waals surface area (Å²) in [6, 6.07) is 18.7. The van der Waals surface area contributed by atoms with Crippen LogP contribution >= 0.6 is 23.2 Å². The van der Waals surface area contributed by atoms with Crippen molar-refractivity contribution in [1.82, 2.24) is 5.32 Å². The maximum absolute atomic E-state index is 13.5. The molecule has 10 heteroatoms. The van der Waals surface area contributed by atoms with Crippen LogP contribution in [0.4, 0.5) is 16.2 Å². The van der Waals surface area contributed by atoms with Gasteiger partial charge in [-0.25, -0.2) is 4.79 Å². The molecule has 1 aliphatic rings. The quantitative estimate of drug-likeness (QED) is 0.209. The second kappa shape index (κ2) is 13.5. The van der Waals surface area contributed by atoms with Crippen molar-refractivity contribution in [1.29, 1.82) is 0 Å². The number of amides is 3. The summed E-state index contributed by atoms with van der Waals surface area (Å²) in [5.74, 6) is -1.84. The second-order valence-corrected chi connectivity index (χ2v) is 10.4. The van der Waals surface area contributed by atoms with Crippen molar-refractivity contribution in [3.8, 4) is 0 Å². The summed E-state index contributed by atoms with van der Waals surface area (Å²) in [6.45, 7) is 0.186. The lowest BCUT2D eigenvalue weighted by atomic mass is 9.93. The number of carboxylic acid groups (broad SMARTS) is 1. The molecule has 0 radical (unpaired) electrons. The lowest BCUT2D eigenvalue weighted by molar-refractivity contribution is -0.139. The zero-order chi connectivity index (χ0) is 28.6. The molecule has 0 fully saturated rings. The maximum atomic E-state index is 13.5.